The summed E-state index contributed by atoms with van der Waals surface area (Å²) in [5, 5.41) is 0. The van der Waals surface area contributed by atoms with Crippen molar-refractivity contribution in [3.8, 4) is 11.4 Å². The van der Waals surface area contributed by atoms with E-state index in [0.29, 0.717) is 5.69 Å². The number of nitrogens with one attached hydrogen (secondary N) is 1. The molecule has 3 heteroatoms. The minimum Gasteiger partial charge on any atom is -0.336 e. The highest BCUT2D eigenvalue weighted by Crippen LogP contribution is 2.18. The molecule has 2 rings (SSSR count). The summed E-state index contributed by atoms with van der Waals surface area (Å²) in [6.07, 6.45) is 2.30. The Bertz CT molecular complexity index is 500. The summed E-state index contributed by atoms with van der Waals surface area (Å²) >= 11 is 0. The largest absolute Gasteiger partial charge is 0.336 e. The number of aldehydes is 1. The molecule has 0 atom stereocenters. The van der Waals surface area contributed by atoms with E-state index in [1.54, 1.807) is 0 Å². The fourth-order valence-corrected chi connectivity index (χ4v) is 1.43. The van der Waals surface area contributed by atoms with Crippen LogP contribution in [0.5, 0.6) is 0 Å². The highest BCUT2D eigenvalue weighted by Gasteiger charge is 2.03. The number of aromatic amines is 1. The van der Waals surface area contributed by atoms with Crippen molar-refractivity contribution < 1.29 is 4.79 Å². The molecule has 76 valence electrons. The van der Waals surface area contributed by atoms with Crippen molar-refractivity contribution in [1.82, 2.24) is 9.97 Å². The van der Waals surface area contributed by atoms with Gasteiger partial charge >= 0.3 is 0 Å². The quantitative estimate of drug-likeness (QED) is 0.757. The molecule has 0 fully saturated rings. The lowest BCUT2D eigenvalue weighted by molar-refractivity contribution is 0.111. The Hall–Kier alpha value is -1.90. The van der Waals surface area contributed by atoms with E-state index in [-0.39, 0.29) is 0 Å². The van der Waals surface area contributed by atoms with Gasteiger partial charge in [0.25, 0.3) is 0 Å². The molecule has 0 unspecified atom stereocenters. The number of hydrogen-bond donors (Lipinski definition) is 1. The van der Waals surface area contributed by atoms with E-state index in [4.69, 9.17) is 0 Å². The van der Waals surface area contributed by atoms with Crippen LogP contribution in [0.2, 0.25) is 0 Å². The van der Waals surface area contributed by atoms with E-state index in [1.165, 1.54) is 17.3 Å². The maximum absolute atomic E-state index is 10.5. The Kier molecular flexibility index (Phi) is 2.37. The molecule has 0 saturated carbocycles. The van der Waals surface area contributed by atoms with Crippen molar-refractivity contribution in [2.75, 3.05) is 0 Å². The van der Waals surface area contributed by atoms with Crippen molar-refractivity contribution in [3.05, 3.63) is 41.2 Å². The average Bonchev–Trinajstić information content (AvgIpc) is 2.70. The normalized spacial score (nSPS) is 10.3. The molecule has 15 heavy (non-hydrogen) atoms. The van der Waals surface area contributed by atoms with Crippen LogP contribution in [-0.2, 0) is 0 Å². The van der Waals surface area contributed by atoms with Gasteiger partial charge in [0.15, 0.2) is 6.29 Å². The molecule has 0 spiro atoms. The zero-order chi connectivity index (χ0) is 10.8. The number of imidazole rings is 1. The third-order valence-electron chi connectivity index (χ3n) is 2.50. The molecule has 0 radical (unpaired) electrons. The van der Waals surface area contributed by atoms with Crippen LogP contribution < -0.4 is 0 Å². The standard InChI is InChI=1S/C12H12N2O/c1-8-3-4-10(5-9(8)2)12-13-6-11(7-15)14-12/h3-7H,1-2H3,(H,13,14). The zero-order valence-corrected chi connectivity index (χ0v) is 8.74. The Morgan fingerprint density at radius 3 is 2.67 bits per heavy atom. The fraction of sp³-hybridized carbons (Fsp3) is 0.167. The van der Waals surface area contributed by atoms with E-state index in [9.17, 15) is 4.79 Å². The minimum absolute atomic E-state index is 0.503. The van der Waals surface area contributed by atoms with Crippen LogP contribution in [0.15, 0.2) is 24.4 Å². The van der Waals surface area contributed by atoms with Gasteiger partial charge in [-0.25, -0.2) is 4.98 Å². The molecule has 0 amide bonds. The van der Waals surface area contributed by atoms with Gasteiger partial charge in [-0.1, -0.05) is 12.1 Å². The minimum atomic E-state index is 0.503. The number of aryl methyl sites for hydroxylation is 2. The number of H-pyrrole nitrogens is 1. The van der Waals surface area contributed by atoms with Crippen molar-refractivity contribution in [1.29, 1.82) is 0 Å². The summed E-state index contributed by atoms with van der Waals surface area (Å²) in [4.78, 5) is 17.6. The molecule has 1 heterocycles. The monoisotopic (exact) mass is 200 g/mol. The van der Waals surface area contributed by atoms with Crippen LogP contribution in [0, 0.1) is 13.8 Å². The third-order valence-corrected chi connectivity index (χ3v) is 2.50. The van der Waals surface area contributed by atoms with Gasteiger partial charge < -0.3 is 4.98 Å². The molecule has 0 aliphatic rings. The molecule has 0 saturated heterocycles. The van der Waals surface area contributed by atoms with Crippen molar-refractivity contribution >= 4 is 6.29 Å². The van der Waals surface area contributed by atoms with Crippen molar-refractivity contribution in [2.24, 2.45) is 0 Å². The summed E-state index contributed by atoms with van der Waals surface area (Å²) in [6.45, 7) is 4.13. The molecular formula is C12H12N2O. The summed E-state index contributed by atoms with van der Waals surface area (Å²) < 4.78 is 0. The first-order valence-electron chi connectivity index (χ1n) is 4.78. The first kappa shape index (κ1) is 9.65. The summed E-state index contributed by atoms with van der Waals surface area (Å²) in [6, 6.07) is 6.10. The van der Waals surface area contributed by atoms with E-state index in [1.807, 2.05) is 12.1 Å². The van der Waals surface area contributed by atoms with Gasteiger partial charge in [0.1, 0.15) is 5.82 Å². The van der Waals surface area contributed by atoms with E-state index in [0.717, 1.165) is 17.7 Å². The lowest BCUT2D eigenvalue weighted by atomic mass is 10.1. The maximum atomic E-state index is 10.5. The van der Waals surface area contributed by atoms with Gasteiger partial charge in [-0.3, -0.25) is 4.79 Å². The molecule has 1 aromatic heterocycles. The molecule has 2 aromatic rings. The first-order chi connectivity index (χ1) is 7.20. The van der Waals surface area contributed by atoms with Gasteiger partial charge in [-0.05, 0) is 31.0 Å². The van der Waals surface area contributed by atoms with Gasteiger partial charge in [-0.2, -0.15) is 0 Å². The summed E-state index contributed by atoms with van der Waals surface area (Å²) in [5.74, 6) is 0.736. The highest BCUT2D eigenvalue weighted by molar-refractivity contribution is 5.73. The van der Waals surface area contributed by atoms with Crippen LogP contribution in [0.3, 0.4) is 0 Å². The van der Waals surface area contributed by atoms with Crippen molar-refractivity contribution in [2.45, 2.75) is 13.8 Å². The fourth-order valence-electron chi connectivity index (χ4n) is 1.43. The topological polar surface area (TPSA) is 45.8 Å². The zero-order valence-electron chi connectivity index (χ0n) is 8.74. The van der Waals surface area contributed by atoms with E-state index < -0.39 is 0 Å². The molecule has 0 aliphatic heterocycles. The van der Waals surface area contributed by atoms with Crippen LogP contribution in [0.1, 0.15) is 21.6 Å². The number of carbonyl (C=O) groups is 1. The lowest BCUT2D eigenvalue weighted by Gasteiger charge is -2.02. The number of rotatable bonds is 2. The number of aromatic nitrogens is 2. The lowest BCUT2D eigenvalue weighted by Crippen LogP contribution is -1.85. The highest BCUT2D eigenvalue weighted by atomic mass is 16.1. The Morgan fingerprint density at radius 2 is 2.07 bits per heavy atom. The third kappa shape index (κ3) is 1.81. The number of benzene rings is 1. The maximum Gasteiger partial charge on any atom is 0.167 e. The Morgan fingerprint density at radius 1 is 1.27 bits per heavy atom. The van der Waals surface area contributed by atoms with E-state index >= 15 is 0 Å². The second kappa shape index (κ2) is 3.69. The smallest absolute Gasteiger partial charge is 0.167 e. The van der Waals surface area contributed by atoms with Crippen LogP contribution >= 0.6 is 0 Å². The average molecular weight is 200 g/mol. The Labute approximate surface area is 88.2 Å². The predicted octanol–water partition coefficient (Wildman–Crippen LogP) is 2.51. The molecule has 0 aliphatic carbocycles. The second-order valence-corrected chi connectivity index (χ2v) is 3.60. The molecule has 3 nitrogen and oxygen atoms in total. The summed E-state index contributed by atoms with van der Waals surface area (Å²) in [5.41, 5.74) is 3.98. The van der Waals surface area contributed by atoms with Gasteiger partial charge in [0, 0.05) is 5.56 Å². The number of carbonyl (C=O) groups excluding carboxylic acids is 1. The first-order valence-corrected chi connectivity index (χ1v) is 4.78. The van der Waals surface area contributed by atoms with Crippen molar-refractivity contribution in [3.63, 3.8) is 0 Å². The van der Waals surface area contributed by atoms with Gasteiger partial charge in [-0.15, -0.1) is 0 Å². The van der Waals surface area contributed by atoms with Gasteiger partial charge in [0.2, 0.25) is 0 Å². The SMILES string of the molecule is Cc1ccc(-c2ncc(C=O)[nH]2)cc1C. The molecular weight excluding hydrogens is 188 g/mol. The van der Waals surface area contributed by atoms with E-state index in [2.05, 4.69) is 29.9 Å². The second-order valence-electron chi connectivity index (χ2n) is 3.60. The van der Waals surface area contributed by atoms with Crippen LogP contribution in [0.4, 0.5) is 0 Å². The Balaban J connectivity index is 2.44. The van der Waals surface area contributed by atoms with Crippen LogP contribution in [0.25, 0.3) is 11.4 Å². The molecule has 1 N–H and O–H groups in total. The number of nitrogens with zero attached hydrogens (tertiary/aromatic N) is 1. The predicted molar refractivity (Wildman–Crippen MR) is 58.9 cm³/mol. The van der Waals surface area contributed by atoms with Gasteiger partial charge in [0.05, 0.1) is 11.9 Å². The molecule has 1 aromatic carbocycles. The number of hydrogen-bond acceptors (Lipinski definition) is 2. The molecule has 0 bridgehead atoms. The van der Waals surface area contributed by atoms with Crippen LogP contribution in [-0.4, -0.2) is 16.3 Å². The summed E-state index contributed by atoms with van der Waals surface area (Å²) in [7, 11) is 0.